The molecule has 0 spiro atoms. The first kappa shape index (κ1) is 17.5. The molecule has 3 heterocycles. The third-order valence-electron chi connectivity index (χ3n) is 3.99. The number of rotatable bonds is 4. The number of aromatic nitrogens is 4. The highest BCUT2D eigenvalue weighted by atomic mass is 19.1. The van der Waals surface area contributed by atoms with Gasteiger partial charge in [0.25, 0.3) is 0 Å². The molecule has 0 saturated carbocycles. The average Bonchev–Trinajstić information content (AvgIpc) is 2.62. The van der Waals surface area contributed by atoms with Crippen LogP contribution in [0.15, 0.2) is 42.6 Å². The van der Waals surface area contributed by atoms with Gasteiger partial charge in [-0.05, 0) is 38.1 Å². The van der Waals surface area contributed by atoms with Crippen molar-refractivity contribution in [3.05, 3.63) is 71.7 Å². The van der Waals surface area contributed by atoms with E-state index < -0.39 is 23.4 Å². The molecule has 6 nitrogen and oxygen atoms in total. The highest BCUT2D eigenvalue weighted by molar-refractivity contribution is 5.85. The van der Waals surface area contributed by atoms with Crippen LogP contribution in [0.2, 0.25) is 0 Å². The minimum absolute atomic E-state index is 0.0312. The monoisotopic (exact) mass is 356 g/mol. The average molecular weight is 356 g/mol. The van der Waals surface area contributed by atoms with E-state index in [-0.39, 0.29) is 17.0 Å². The molecule has 0 bridgehead atoms. The summed E-state index contributed by atoms with van der Waals surface area (Å²) in [6.07, 6.45) is -0.127. The maximum Gasteiger partial charge on any atom is 0.354 e. The molecule has 26 heavy (non-hydrogen) atoms. The lowest BCUT2D eigenvalue weighted by Crippen LogP contribution is -2.23. The van der Waals surface area contributed by atoms with Crippen LogP contribution in [0.1, 0.15) is 35.7 Å². The predicted octanol–water partition coefficient (Wildman–Crippen LogP) is 3.24. The summed E-state index contributed by atoms with van der Waals surface area (Å²) in [4.78, 5) is 26.2. The van der Waals surface area contributed by atoms with Gasteiger partial charge in [-0.15, -0.1) is 0 Å². The lowest BCUT2D eigenvalue weighted by molar-refractivity contribution is 0.0690. The fourth-order valence-corrected chi connectivity index (χ4v) is 2.48. The van der Waals surface area contributed by atoms with E-state index in [4.69, 9.17) is 5.11 Å². The van der Waals surface area contributed by atoms with E-state index in [0.717, 1.165) is 6.20 Å². The highest BCUT2D eigenvalue weighted by Crippen LogP contribution is 2.30. The zero-order chi connectivity index (χ0) is 18.9. The van der Waals surface area contributed by atoms with Gasteiger partial charge in [0.2, 0.25) is 5.95 Å². The molecule has 3 rings (SSSR count). The highest BCUT2D eigenvalue weighted by Gasteiger charge is 2.28. The van der Waals surface area contributed by atoms with Gasteiger partial charge in [0.1, 0.15) is 5.69 Å². The van der Waals surface area contributed by atoms with E-state index >= 15 is 0 Å². The number of carbonyl (C=O) groups is 1. The summed E-state index contributed by atoms with van der Waals surface area (Å²) >= 11 is 0. The van der Waals surface area contributed by atoms with Crippen molar-refractivity contribution in [2.24, 2.45) is 0 Å². The van der Waals surface area contributed by atoms with Gasteiger partial charge in [-0.3, -0.25) is 4.98 Å². The molecular weight excluding hydrogens is 342 g/mol. The zero-order valence-electron chi connectivity index (χ0n) is 13.9. The summed E-state index contributed by atoms with van der Waals surface area (Å²) in [6, 6.07) is 9.65. The fraction of sp³-hybridized carbons (Fsp3) is 0.167. The number of aromatic carboxylic acids is 1. The summed E-state index contributed by atoms with van der Waals surface area (Å²) < 4.78 is 26.8. The molecule has 0 aliphatic heterocycles. The van der Waals surface area contributed by atoms with Crippen molar-refractivity contribution < 1.29 is 18.7 Å². The van der Waals surface area contributed by atoms with E-state index in [1.165, 1.54) is 6.07 Å². The molecule has 3 aromatic heterocycles. The molecule has 132 valence electrons. The fourth-order valence-electron chi connectivity index (χ4n) is 2.48. The number of pyridine rings is 2. The van der Waals surface area contributed by atoms with Crippen molar-refractivity contribution in [2.75, 3.05) is 0 Å². The summed E-state index contributed by atoms with van der Waals surface area (Å²) in [7, 11) is 0. The molecule has 1 N–H and O–H groups in total. The van der Waals surface area contributed by atoms with Crippen LogP contribution in [0.4, 0.5) is 8.78 Å². The zero-order valence-corrected chi connectivity index (χ0v) is 13.9. The molecule has 8 heteroatoms. The van der Waals surface area contributed by atoms with Gasteiger partial charge < -0.3 is 5.11 Å². The van der Waals surface area contributed by atoms with Crippen molar-refractivity contribution in [3.8, 4) is 11.3 Å². The second-order valence-corrected chi connectivity index (χ2v) is 6.09. The Bertz CT molecular complexity index is 992. The topological polar surface area (TPSA) is 88.9 Å². The molecule has 0 unspecified atom stereocenters. The maximum absolute atomic E-state index is 13.9. The summed E-state index contributed by atoms with van der Waals surface area (Å²) in [5.41, 5.74) is 0.411. The lowest BCUT2D eigenvalue weighted by atomic mass is 9.84. The van der Waals surface area contributed by atoms with Gasteiger partial charge in [-0.2, -0.15) is 13.8 Å². The SMILES string of the molecule is CC(C)(c1cccc(C(=O)O)n1)c1cccc(-c2cnc(F)nc2F)n1. The van der Waals surface area contributed by atoms with Gasteiger partial charge >= 0.3 is 12.0 Å². The summed E-state index contributed by atoms with van der Waals surface area (Å²) in [5.74, 6) is -2.14. The van der Waals surface area contributed by atoms with Crippen molar-refractivity contribution in [2.45, 2.75) is 19.3 Å². The van der Waals surface area contributed by atoms with Crippen molar-refractivity contribution in [1.82, 2.24) is 19.9 Å². The molecule has 0 radical (unpaired) electrons. The first-order chi connectivity index (χ1) is 12.3. The molecule has 0 fully saturated rings. The number of hydrogen-bond acceptors (Lipinski definition) is 5. The van der Waals surface area contributed by atoms with Gasteiger partial charge in [0.15, 0.2) is 0 Å². The van der Waals surface area contributed by atoms with Crippen LogP contribution < -0.4 is 0 Å². The van der Waals surface area contributed by atoms with E-state index in [2.05, 4.69) is 19.9 Å². The van der Waals surface area contributed by atoms with Crippen molar-refractivity contribution >= 4 is 5.97 Å². The molecule has 0 aliphatic rings. The van der Waals surface area contributed by atoms with Gasteiger partial charge in [0.05, 0.1) is 22.6 Å². The van der Waals surface area contributed by atoms with E-state index in [9.17, 15) is 13.6 Å². The first-order valence-corrected chi connectivity index (χ1v) is 7.66. The Kier molecular flexibility index (Phi) is 4.41. The Morgan fingerprint density at radius 2 is 1.65 bits per heavy atom. The third kappa shape index (κ3) is 3.26. The Morgan fingerprint density at radius 3 is 2.31 bits per heavy atom. The van der Waals surface area contributed by atoms with Crippen LogP contribution in [-0.4, -0.2) is 31.0 Å². The van der Waals surface area contributed by atoms with Crippen LogP contribution in [0.5, 0.6) is 0 Å². The number of carboxylic acid groups (broad SMARTS) is 1. The van der Waals surface area contributed by atoms with Crippen molar-refractivity contribution in [1.29, 1.82) is 0 Å². The second-order valence-electron chi connectivity index (χ2n) is 6.09. The molecular formula is C18H14F2N4O2. The molecule has 3 aromatic rings. The second kappa shape index (κ2) is 6.55. The normalized spacial score (nSPS) is 11.4. The van der Waals surface area contributed by atoms with E-state index in [1.807, 2.05) is 13.8 Å². The van der Waals surface area contributed by atoms with Gasteiger partial charge in [0, 0.05) is 11.6 Å². The lowest BCUT2D eigenvalue weighted by Gasteiger charge is -2.24. The Balaban J connectivity index is 2.06. The Labute approximate surface area is 147 Å². The van der Waals surface area contributed by atoms with Gasteiger partial charge in [-0.1, -0.05) is 12.1 Å². The third-order valence-corrected chi connectivity index (χ3v) is 3.99. The number of nitrogens with zero attached hydrogens (tertiary/aromatic N) is 4. The number of carboxylic acids is 1. The number of halogens is 2. The van der Waals surface area contributed by atoms with Crippen LogP contribution in [0.3, 0.4) is 0 Å². The van der Waals surface area contributed by atoms with Crippen molar-refractivity contribution in [3.63, 3.8) is 0 Å². The van der Waals surface area contributed by atoms with Crippen LogP contribution >= 0.6 is 0 Å². The Hall–Kier alpha value is -3.29. The Morgan fingerprint density at radius 1 is 1.00 bits per heavy atom. The van der Waals surface area contributed by atoms with Crippen LogP contribution in [0.25, 0.3) is 11.3 Å². The standard InChI is InChI=1S/C18H14F2N4O2/c1-18(2,14-8-4-6-12(23-14)16(25)26)13-7-3-5-11(22-13)10-9-21-17(20)24-15(10)19/h3-9H,1-2H3,(H,25,26). The van der Waals surface area contributed by atoms with Crippen LogP contribution in [-0.2, 0) is 5.41 Å². The molecule has 0 aromatic carbocycles. The summed E-state index contributed by atoms with van der Waals surface area (Å²) in [6.45, 7) is 3.65. The van der Waals surface area contributed by atoms with Gasteiger partial charge in [-0.25, -0.2) is 14.8 Å². The maximum atomic E-state index is 13.9. The first-order valence-electron chi connectivity index (χ1n) is 7.66. The number of hydrogen-bond donors (Lipinski definition) is 1. The summed E-state index contributed by atoms with van der Waals surface area (Å²) in [5, 5.41) is 9.13. The largest absolute Gasteiger partial charge is 0.477 e. The quantitative estimate of drug-likeness (QED) is 0.570. The molecule has 0 saturated heterocycles. The van der Waals surface area contributed by atoms with E-state index in [0.29, 0.717) is 11.4 Å². The molecule has 0 amide bonds. The van der Waals surface area contributed by atoms with E-state index in [1.54, 1.807) is 30.3 Å². The smallest absolute Gasteiger partial charge is 0.354 e. The molecule has 0 atom stereocenters. The molecule has 0 aliphatic carbocycles. The minimum Gasteiger partial charge on any atom is -0.477 e. The minimum atomic E-state index is -1.16. The van der Waals surface area contributed by atoms with Crippen LogP contribution in [0, 0.1) is 12.0 Å². The predicted molar refractivity (Wildman–Crippen MR) is 88.5 cm³/mol.